The van der Waals surface area contributed by atoms with Gasteiger partial charge in [-0.2, -0.15) is 4.98 Å². The number of nitrogens with two attached hydrogens (primary N) is 1. The number of pyridine rings is 1. The van der Waals surface area contributed by atoms with Gasteiger partial charge in [0.2, 0.25) is 11.9 Å². The first-order valence-corrected chi connectivity index (χ1v) is 13.0. The van der Waals surface area contributed by atoms with Crippen LogP contribution in [0.15, 0.2) is 30.6 Å². The van der Waals surface area contributed by atoms with Crippen molar-refractivity contribution < 1.29 is 4.74 Å². The molecule has 0 unspecified atom stereocenters. The summed E-state index contributed by atoms with van der Waals surface area (Å²) >= 11 is 0. The van der Waals surface area contributed by atoms with Crippen molar-refractivity contribution in [1.29, 1.82) is 0 Å². The molecule has 0 atom stereocenters. The molecular weight excluding hydrogens is 480 g/mol. The topological polar surface area (TPSA) is 112 Å². The molecular formula is C27H38N10O. The predicted octanol–water partition coefficient (Wildman–Crippen LogP) is 3.24. The van der Waals surface area contributed by atoms with Gasteiger partial charge < -0.3 is 35.4 Å². The van der Waals surface area contributed by atoms with E-state index in [1.165, 1.54) is 12.7 Å². The summed E-state index contributed by atoms with van der Waals surface area (Å²) in [5.74, 6) is 2.68. The zero-order valence-electron chi connectivity index (χ0n) is 23.2. The standard InChI is InChI=1S/C27H38N10O/c1-27(2)16-37(20-8-9-23(32-24(20)27)36-10-7-11-36)26-30-17-29-25(33-26)31-19-14-18(28)21(15-22(19)38-6)35(5)13-12-34(3)4/h8-9,14-15,17H,7,10-13,16,28H2,1-6H3,(H,29,30,31,33). The van der Waals surface area contributed by atoms with Gasteiger partial charge in [-0.15, -0.1) is 0 Å². The number of hydrogen-bond donors (Lipinski definition) is 2. The Morgan fingerprint density at radius 3 is 2.55 bits per heavy atom. The van der Waals surface area contributed by atoms with Crippen LogP contribution in [0.25, 0.3) is 0 Å². The Bertz CT molecular complexity index is 1310. The van der Waals surface area contributed by atoms with Crippen molar-refractivity contribution in [2.75, 3.05) is 86.7 Å². The van der Waals surface area contributed by atoms with E-state index in [0.717, 1.165) is 55.6 Å². The average molecular weight is 519 g/mol. The van der Waals surface area contributed by atoms with Crippen LogP contribution in [0.3, 0.4) is 0 Å². The van der Waals surface area contributed by atoms with Gasteiger partial charge in [0, 0.05) is 51.3 Å². The molecule has 3 aromatic rings. The van der Waals surface area contributed by atoms with Crippen molar-refractivity contribution in [2.45, 2.75) is 25.7 Å². The zero-order valence-corrected chi connectivity index (χ0v) is 23.2. The number of likely N-dealkylation sites (N-methyl/N-ethyl adjacent to an activating group) is 2. The molecule has 3 N–H and O–H groups in total. The molecule has 5 rings (SSSR count). The third-order valence-electron chi connectivity index (χ3n) is 7.21. The molecule has 1 fully saturated rings. The number of fused-ring (bicyclic) bond motifs is 1. The highest BCUT2D eigenvalue weighted by atomic mass is 16.5. The van der Waals surface area contributed by atoms with Crippen LogP contribution in [-0.2, 0) is 5.41 Å². The number of benzene rings is 1. The van der Waals surface area contributed by atoms with Gasteiger partial charge in [-0.25, -0.2) is 15.0 Å². The SMILES string of the molecule is COc1cc(N(C)CCN(C)C)c(N)cc1Nc1ncnc(N2CC(C)(C)c3nc(N4CCC4)ccc32)n1. The van der Waals surface area contributed by atoms with Crippen LogP contribution < -0.4 is 30.5 Å². The van der Waals surface area contributed by atoms with Crippen molar-refractivity contribution in [3.8, 4) is 5.75 Å². The Labute approximate surface area is 224 Å². The second-order valence-electron chi connectivity index (χ2n) is 10.9. The maximum Gasteiger partial charge on any atom is 0.234 e. The van der Waals surface area contributed by atoms with E-state index in [1.54, 1.807) is 7.11 Å². The van der Waals surface area contributed by atoms with Crippen LogP contribution in [0, 0.1) is 0 Å². The fraction of sp³-hybridized carbons (Fsp3) is 0.481. The van der Waals surface area contributed by atoms with E-state index >= 15 is 0 Å². The van der Waals surface area contributed by atoms with Crippen molar-refractivity contribution in [2.24, 2.45) is 0 Å². The maximum atomic E-state index is 6.44. The minimum atomic E-state index is -0.136. The van der Waals surface area contributed by atoms with Gasteiger partial charge in [-0.05, 0) is 38.7 Å². The Hall–Kier alpha value is -3.86. The van der Waals surface area contributed by atoms with E-state index in [4.69, 9.17) is 20.4 Å². The Morgan fingerprint density at radius 1 is 1.08 bits per heavy atom. The fourth-order valence-electron chi connectivity index (χ4n) is 4.86. The first-order chi connectivity index (χ1) is 18.2. The van der Waals surface area contributed by atoms with E-state index < -0.39 is 0 Å². The average Bonchev–Trinajstić information content (AvgIpc) is 3.12. The summed E-state index contributed by atoms with van der Waals surface area (Å²) in [6.45, 7) is 9.04. The Balaban J connectivity index is 1.39. The van der Waals surface area contributed by atoms with Gasteiger partial charge in [-0.3, -0.25) is 0 Å². The molecule has 202 valence electrons. The molecule has 0 saturated carbocycles. The molecule has 0 aliphatic carbocycles. The van der Waals surface area contributed by atoms with Gasteiger partial charge in [0.1, 0.15) is 17.9 Å². The molecule has 0 bridgehead atoms. The summed E-state index contributed by atoms with van der Waals surface area (Å²) in [5.41, 5.74) is 10.6. The van der Waals surface area contributed by atoms with Gasteiger partial charge in [-0.1, -0.05) is 13.8 Å². The largest absolute Gasteiger partial charge is 0.494 e. The second kappa shape index (κ2) is 10.1. The van der Waals surface area contributed by atoms with E-state index in [9.17, 15) is 0 Å². The lowest BCUT2D eigenvalue weighted by molar-refractivity contribution is 0.413. The highest BCUT2D eigenvalue weighted by Crippen LogP contribution is 2.43. The normalized spacial score (nSPS) is 15.9. The van der Waals surface area contributed by atoms with Crippen molar-refractivity contribution >= 4 is 40.5 Å². The number of aromatic nitrogens is 4. The van der Waals surface area contributed by atoms with E-state index in [2.05, 4.69) is 75.0 Å². The molecule has 4 heterocycles. The lowest BCUT2D eigenvalue weighted by Gasteiger charge is -2.32. The van der Waals surface area contributed by atoms with Crippen molar-refractivity contribution in [3.63, 3.8) is 0 Å². The summed E-state index contributed by atoms with van der Waals surface area (Å²) in [5, 5.41) is 3.29. The van der Waals surface area contributed by atoms with Crippen LogP contribution in [0.5, 0.6) is 5.75 Å². The van der Waals surface area contributed by atoms with Gasteiger partial charge in [0.15, 0.2) is 0 Å². The first kappa shape index (κ1) is 25.8. The molecule has 0 radical (unpaired) electrons. The molecule has 0 spiro atoms. The molecule has 11 heteroatoms. The summed E-state index contributed by atoms with van der Waals surface area (Å²) < 4.78 is 5.69. The maximum absolute atomic E-state index is 6.44. The first-order valence-electron chi connectivity index (χ1n) is 13.0. The minimum absolute atomic E-state index is 0.136. The smallest absolute Gasteiger partial charge is 0.234 e. The monoisotopic (exact) mass is 518 g/mol. The Kier molecular flexibility index (Phi) is 6.87. The summed E-state index contributed by atoms with van der Waals surface area (Å²) in [6, 6.07) is 8.03. The van der Waals surface area contributed by atoms with Gasteiger partial charge in [0.25, 0.3) is 0 Å². The lowest BCUT2D eigenvalue weighted by atomic mass is 9.91. The van der Waals surface area contributed by atoms with Crippen molar-refractivity contribution in [1.82, 2.24) is 24.8 Å². The number of nitrogens with zero attached hydrogens (tertiary/aromatic N) is 8. The van der Waals surface area contributed by atoms with Crippen LogP contribution in [0.2, 0.25) is 0 Å². The molecule has 2 aliphatic rings. The summed E-state index contributed by atoms with van der Waals surface area (Å²) in [4.78, 5) is 27.3. The van der Waals surface area contributed by atoms with Crippen molar-refractivity contribution in [3.05, 3.63) is 36.3 Å². The molecule has 2 aliphatic heterocycles. The zero-order chi connectivity index (χ0) is 27.0. The number of nitrogen functional groups attached to an aromatic ring is 1. The minimum Gasteiger partial charge on any atom is -0.494 e. The molecule has 0 amide bonds. The molecule has 1 saturated heterocycles. The summed E-state index contributed by atoms with van der Waals surface area (Å²) in [6.07, 6.45) is 2.75. The van der Waals surface area contributed by atoms with E-state index in [1.807, 2.05) is 19.2 Å². The van der Waals surface area contributed by atoms with E-state index in [0.29, 0.717) is 29.0 Å². The number of methoxy groups -OCH3 is 1. The number of ether oxygens (including phenoxy) is 1. The molecule has 2 aromatic heterocycles. The highest BCUT2D eigenvalue weighted by Gasteiger charge is 2.39. The number of hydrogen-bond acceptors (Lipinski definition) is 11. The molecule has 38 heavy (non-hydrogen) atoms. The van der Waals surface area contributed by atoms with Crippen LogP contribution in [0.1, 0.15) is 26.0 Å². The van der Waals surface area contributed by atoms with Crippen LogP contribution >= 0.6 is 0 Å². The second-order valence-corrected chi connectivity index (χ2v) is 10.9. The summed E-state index contributed by atoms with van der Waals surface area (Å²) in [7, 11) is 7.77. The molecule has 1 aromatic carbocycles. The highest BCUT2D eigenvalue weighted by molar-refractivity contribution is 5.79. The third-order valence-corrected chi connectivity index (χ3v) is 7.21. The van der Waals surface area contributed by atoms with Gasteiger partial charge in [0.05, 0.1) is 35.6 Å². The number of anilines is 7. The predicted molar refractivity (Wildman–Crippen MR) is 153 cm³/mol. The quantitative estimate of drug-likeness (QED) is 0.407. The van der Waals surface area contributed by atoms with Crippen LogP contribution in [0.4, 0.5) is 40.5 Å². The molecule has 11 nitrogen and oxygen atoms in total. The number of nitrogens with one attached hydrogen (secondary N) is 1. The fourth-order valence-corrected chi connectivity index (χ4v) is 4.86. The van der Waals surface area contributed by atoms with Gasteiger partial charge >= 0.3 is 0 Å². The van der Waals surface area contributed by atoms with Crippen LogP contribution in [-0.4, -0.2) is 85.8 Å². The Morgan fingerprint density at radius 2 is 1.87 bits per heavy atom. The third kappa shape index (κ3) is 4.98. The van der Waals surface area contributed by atoms with E-state index in [-0.39, 0.29) is 5.41 Å². The lowest BCUT2D eigenvalue weighted by Crippen LogP contribution is -2.37. The number of rotatable bonds is 9.